The van der Waals surface area contributed by atoms with Gasteiger partial charge in [0.2, 0.25) is 0 Å². The van der Waals surface area contributed by atoms with Crippen molar-refractivity contribution in [3.8, 4) is 0 Å². The molecule has 0 aliphatic heterocycles. The Kier molecular flexibility index (Phi) is 9.26. The summed E-state index contributed by atoms with van der Waals surface area (Å²) in [5.41, 5.74) is 0.0284. The zero-order valence-corrected chi connectivity index (χ0v) is 17.7. The van der Waals surface area contributed by atoms with Gasteiger partial charge in [-0.2, -0.15) is 0 Å². The van der Waals surface area contributed by atoms with Crippen molar-refractivity contribution in [2.75, 3.05) is 13.2 Å². The summed E-state index contributed by atoms with van der Waals surface area (Å²) >= 11 is -3.52. The average molecular weight is 408 g/mol. The van der Waals surface area contributed by atoms with Crippen LogP contribution in [0, 0.1) is 0 Å². The van der Waals surface area contributed by atoms with Crippen LogP contribution in [0.2, 0.25) is 4.63 Å². The first-order valence-corrected chi connectivity index (χ1v) is 18.0. The van der Waals surface area contributed by atoms with E-state index < -0.39 is 18.1 Å². The fourth-order valence-electron chi connectivity index (χ4n) is 2.44. The van der Waals surface area contributed by atoms with Gasteiger partial charge in [-0.05, 0) is 0 Å². The Labute approximate surface area is 132 Å². The van der Waals surface area contributed by atoms with Gasteiger partial charge in [-0.15, -0.1) is 24.8 Å². The Morgan fingerprint density at radius 1 is 1.42 bits per heavy atom. The van der Waals surface area contributed by atoms with Crippen LogP contribution in [0.5, 0.6) is 0 Å². The number of hydrogen-bond donors (Lipinski definition) is 2. The molecule has 19 heavy (non-hydrogen) atoms. The summed E-state index contributed by atoms with van der Waals surface area (Å²) in [6.45, 7) is 9.02. The molecule has 0 aromatic heterocycles. The molecule has 0 heterocycles. The van der Waals surface area contributed by atoms with Crippen LogP contribution in [0.15, 0.2) is 21.5 Å². The summed E-state index contributed by atoms with van der Waals surface area (Å²) in [6.07, 6.45) is 7.45. The standard InChI is InChI=1S/C5H5.C4H10N.C2H5O2.CH3.2ClH.H2Si.Zr/c1-2-4-5-3-1;1-4(2,3)5;3-1-2-4;;;;;/h1-3H,4H2;5H,1-3H3;3H,1-2H2;1H3;2*1H;1H2;/q;2*-1;;;;;+2. The van der Waals surface area contributed by atoms with E-state index in [0.717, 1.165) is 6.42 Å². The largest absolute Gasteiger partial charge is 0.147 e. The molecule has 0 amide bonds. The minimum absolute atomic E-state index is 0. The van der Waals surface area contributed by atoms with Crippen LogP contribution >= 0.6 is 24.8 Å². The zero-order valence-electron chi connectivity index (χ0n) is 12.2. The molecule has 1 rings (SSSR count). The maximum absolute atomic E-state index is 9.03. The first-order chi connectivity index (χ1) is 7.66. The third-order valence-electron chi connectivity index (χ3n) is 2.90. The molecule has 1 aliphatic carbocycles. The molecule has 7 heteroatoms. The normalized spacial score (nSPS) is 15.6. The van der Waals surface area contributed by atoms with E-state index in [4.69, 9.17) is 7.92 Å². The monoisotopic (exact) mass is 405 g/mol. The van der Waals surface area contributed by atoms with E-state index in [2.05, 4.69) is 46.9 Å². The van der Waals surface area contributed by atoms with Crippen LogP contribution in [-0.2, 0) is 20.9 Å². The van der Waals surface area contributed by atoms with E-state index in [-0.39, 0.29) is 37.0 Å². The zero-order chi connectivity index (χ0) is 13.2. The summed E-state index contributed by atoms with van der Waals surface area (Å²) in [5.74, 6) is 0. The van der Waals surface area contributed by atoms with Crippen LogP contribution in [0.4, 0.5) is 0 Å². The van der Waals surface area contributed by atoms with Gasteiger partial charge in [0, 0.05) is 0 Å². The van der Waals surface area contributed by atoms with Crippen molar-refractivity contribution in [2.24, 2.45) is 0 Å². The van der Waals surface area contributed by atoms with Gasteiger partial charge in [-0.3, -0.25) is 0 Å². The molecule has 0 saturated carbocycles. The van der Waals surface area contributed by atoms with Crippen LogP contribution < -0.4 is 3.26 Å². The molecular formula is C12H27Cl2NO2SiZr. The number of rotatable bonds is 5. The smallest absolute Gasteiger partial charge is 0.147 e. The number of aliphatic hydroxyl groups is 1. The second-order valence-corrected chi connectivity index (χ2v) is 28.4. The number of halogens is 2. The summed E-state index contributed by atoms with van der Waals surface area (Å²) in [4.78, 5) is 0. The van der Waals surface area contributed by atoms with Crippen LogP contribution in [0.3, 0.4) is 0 Å². The van der Waals surface area contributed by atoms with Crippen molar-refractivity contribution >= 4 is 31.7 Å². The molecule has 0 atom stereocenters. The van der Waals surface area contributed by atoms with Gasteiger partial charge < -0.3 is 0 Å². The molecule has 0 aromatic rings. The minimum atomic E-state index is -3.52. The number of aliphatic hydroxyl groups excluding tert-OH is 1. The van der Waals surface area contributed by atoms with E-state index >= 15 is 0 Å². The van der Waals surface area contributed by atoms with E-state index in [1.807, 2.05) is 6.88 Å². The van der Waals surface area contributed by atoms with Gasteiger partial charge in [0.25, 0.3) is 0 Å². The Hall–Kier alpha value is 1.04. The quantitative estimate of drug-likeness (QED) is 0.687. The van der Waals surface area contributed by atoms with Gasteiger partial charge in [-0.25, -0.2) is 0 Å². The van der Waals surface area contributed by atoms with Crippen LogP contribution in [-0.4, -0.2) is 30.7 Å². The van der Waals surface area contributed by atoms with Gasteiger partial charge in [0.15, 0.2) is 0 Å². The minimum Gasteiger partial charge on any atom is -0.147 e. The summed E-state index contributed by atoms with van der Waals surface area (Å²) in [6, 6.07) is 0. The maximum atomic E-state index is 9.03. The Balaban J connectivity index is 0. The van der Waals surface area contributed by atoms with Gasteiger partial charge in [-0.1, -0.05) is 0 Å². The van der Waals surface area contributed by atoms with Gasteiger partial charge in [0.1, 0.15) is 0 Å². The van der Waals surface area contributed by atoms with Crippen LogP contribution in [0.25, 0.3) is 0 Å². The molecule has 0 unspecified atom stereocenters. The molecule has 0 fully saturated rings. The topological polar surface area (TPSA) is 41.5 Å². The number of hydrogen-bond acceptors (Lipinski definition) is 3. The van der Waals surface area contributed by atoms with Crippen molar-refractivity contribution in [1.82, 2.24) is 3.26 Å². The molecule has 1 aliphatic rings. The Morgan fingerprint density at radius 3 is 2.37 bits per heavy atom. The van der Waals surface area contributed by atoms with Crippen molar-refractivity contribution in [3.05, 3.63) is 21.5 Å². The molecule has 0 spiro atoms. The fraction of sp³-hybridized carbons (Fsp3) is 0.667. The van der Waals surface area contributed by atoms with Crippen molar-refractivity contribution in [2.45, 2.75) is 37.4 Å². The van der Waals surface area contributed by atoms with E-state index in [1.165, 1.54) is 3.28 Å². The SMILES string of the molecule is CC(C)(C)[NH][Zr]([CH3])(=[SiH2])([O]CCO)[C]1=CC=CC1.Cl.Cl. The second kappa shape index (κ2) is 7.88. The van der Waals surface area contributed by atoms with E-state index in [1.54, 1.807) is 0 Å². The average Bonchev–Trinajstić information content (AvgIpc) is 2.65. The van der Waals surface area contributed by atoms with Gasteiger partial charge >= 0.3 is 108 Å². The van der Waals surface area contributed by atoms with Crippen LogP contribution in [0.1, 0.15) is 27.2 Å². The van der Waals surface area contributed by atoms with E-state index in [0.29, 0.717) is 6.61 Å². The molecular weight excluding hydrogens is 380 g/mol. The molecule has 0 aromatic carbocycles. The molecule has 0 saturated heterocycles. The third-order valence-corrected chi connectivity index (χ3v) is 18.8. The predicted molar refractivity (Wildman–Crippen MR) is 86.7 cm³/mol. The molecule has 0 radical (unpaired) electrons. The molecule has 0 bridgehead atoms. The van der Waals surface area contributed by atoms with E-state index in [9.17, 15) is 0 Å². The maximum Gasteiger partial charge on any atom is -0.147 e. The first kappa shape index (κ1) is 22.3. The van der Waals surface area contributed by atoms with Crippen molar-refractivity contribution in [3.63, 3.8) is 0 Å². The molecule has 114 valence electrons. The molecule has 2 N–H and O–H groups in total. The van der Waals surface area contributed by atoms with Gasteiger partial charge in [0.05, 0.1) is 0 Å². The fourth-order valence-corrected chi connectivity index (χ4v) is 18.3. The number of nitrogens with one attached hydrogen (secondary N) is 1. The number of allylic oxidation sites excluding steroid dienone is 4. The van der Waals surface area contributed by atoms with Crippen molar-refractivity contribution < 1.29 is 26.0 Å². The summed E-state index contributed by atoms with van der Waals surface area (Å²) < 4.78 is 13.6. The summed E-state index contributed by atoms with van der Waals surface area (Å²) in [5, 5.41) is 9.03. The third kappa shape index (κ3) is 6.56. The molecule has 3 nitrogen and oxygen atoms in total. The Bertz CT molecular complexity index is 418. The Morgan fingerprint density at radius 2 is 2.00 bits per heavy atom. The summed E-state index contributed by atoms with van der Waals surface area (Å²) in [7, 11) is 0. The second-order valence-electron chi connectivity index (χ2n) is 6.16. The van der Waals surface area contributed by atoms with Crippen molar-refractivity contribution in [1.29, 1.82) is 0 Å². The first-order valence-electron chi connectivity index (χ1n) is 6.13. The predicted octanol–water partition coefficient (Wildman–Crippen LogP) is 2.19.